The van der Waals surface area contributed by atoms with E-state index in [0.717, 1.165) is 21.1 Å². The number of nitrogens with zero attached hydrogens (tertiary/aromatic N) is 1. The first kappa shape index (κ1) is 12.6. The SMILES string of the molecule is C=C1C(=O)c2cc(Cl)ccc2-c2nc(C(C)C)sc21. The Kier molecular flexibility index (Phi) is 2.84. The molecular weight excluding hydrogens is 278 g/mol. The molecule has 0 N–H and O–H groups in total. The second-order valence-corrected chi connectivity index (χ2v) is 6.35. The van der Waals surface area contributed by atoms with Gasteiger partial charge in [0.2, 0.25) is 0 Å². The van der Waals surface area contributed by atoms with Gasteiger partial charge in [-0.2, -0.15) is 0 Å². The predicted octanol–water partition coefficient (Wildman–Crippen LogP) is 4.80. The van der Waals surface area contributed by atoms with E-state index in [1.165, 1.54) is 0 Å². The van der Waals surface area contributed by atoms with E-state index in [4.69, 9.17) is 11.6 Å². The molecule has 19 heavy (non-hydrogen) atoms. The topological polar surface area (TPSA) is 30.0 Å². The fourth-order valence-corrected chi connectivity index (χ4v) is 3.37. The quantitative estimate of drug-likeness (QED) is 0.706. The number of rotatable bonds is 1. The lowest BCUT2D eigenvalue weighted by atomic mass is 9.89. The van der Waals surface area contributed by atoms with Gasteiger partial charge in [0.05, 0.1) is 15.6 Å². The van der Waals surface area contributed by atoms with Crippen LogP contribution < -0.4 is 0 Å². The maximum atomic E-state index is 12.3. The lowest BCUT2D eigenvalue weighted by Gasteiger charge is -2.15. The van der Waals surface area contributed by atoms with Crippen LogP contribution in [0.25, 0.3) is 16.8 Å². The van der Waals surface area contributed by atoms with Crippen LogP contribution >= 0.6 is 22.9 Å². The first-order valence-corrected chi connectivity index (χ1v) is 7.23. The number of ketones is 1. The Morgan fingerprint density at radius 1 is 1.32 bits per heavy atom. The molecule has 0 aliphatic heterocycles. The van der Waals surface area contributed by atoms with Crippen molar-refractivity contribution >= 4 is 34.3 Å². The van der Waals surface area contributed by atoms with Crippen LogP contribution in [0.1, 0.15) is 40.0 Å². The number of halogens is 1. The minimum Gasteiger partial charge on any atom is -0.289 e. The van der Waals surface area contributed by atoms with Crippen LogP contribution in [-0.2, 0) is 0 Å². The zero-order chi connectivity index (χ0) is 13.7. The van der Waals surface area contributed by atoms with Gasteiger partial charge in [-0.15, -0.1) is 11.3 Å². The monoisotopic (exact) mass is 289 g/mol. The molecule has 1 aromatic heterocycles. The van der Waals surface area contributed by atoms with Crippen LogP contribution in [0.3, 0.4) is 0 Å². The third-order valence-corrected chi connectivity index (χ3v) is 4.82. The van der Waals surface area contributed by atoms with Gasteiger partial charge in [0.1, 0.15) is 0 Å². The summed E-state index contributed by atoms with van der Waals surface area (Å²) in [4.78, 5) is 17.9. The van der Waals surface area contributed by atoms with Crippen molar-refractivity contribution < 1.29 is 4.79 Å². The van der Waals surface area contributed by atoms with E-state index in [1.807, 2.05) is 6.07 Å². The summed E-state index contributed by atoms with van der Waals surface area (Å²) in [5.41, 5.74) is 2.85. The Morgan fingerprint density at radius 2 is 2.05 bits per heavy atom. The molecule has 2 nitrogen and oxygen atoms in total. The first-order valence-electron chi connectivity index (χ1n) is 6.03. The maximum absolute atomic E-state index is 12.3. The number of thiazole rings is 1. The number of benzene rings is 1. The molecule has 0 fully saturated rings. The molecule has 1 heterocycles. The van der Waals surface area contributed by atoms with E-state index in [2.05, 4.69) is 25.4 Å². The highest BCUT2D eigenvalue weighted by molar-refractivity contribution is 7.13. The van der Waals surface area contributed by atoms with Gasteiger partial charge in [-0.3, -0.25) is 4.79 Å². The number of hydrogen-bond acceptors (Lipinski definition) is 3. The van der Waals surface area contributed by atoms with Crippen LogP contribution in [0.4, 0.5) is 0 Å². The van der Waals surface area contributed by atoms with E-state index in [9.17, 15) is 4.79 Å². The standard InChI is InChI=1S/C15H12ClNOS/c1-7(2)15-17-12-10-5-4-9(16)6-11(10)13(18)8(3)14(12)19-15/h4-7H,3H2,1-2H3. The molecule has 96 valence electrons. The van der Waals surface area contributed by atoms with Gasteiger partial charge >= 0.3 is 0 Å². The Balaban J connectivity index is 2.30. The average molecular weight is 290 g/mol. The van der Waals surface area contributed by atoms with Crippen LogP contribution in [0.15, 0.2) is 24.8 Å². The van der Waals surface area contributed by atoms with Crippen LogP contribution in [-0.4, -0.2) is 10.8 Å². The Bertz CT molecular complexity index is 715. The third kappa shape index (κ3) is 1.85. The Hall–Kier alpha value is -1.45. The van der Waals surface area contributed by atoms with Crippen LogP contribution in [0.5, 0.6) is 0 Å². The Morgan fingerprint density at radius 3 is 2.74 bits per heavy atom. The van der Waals surface area contributed by atoms with Crippen LogP contribution in [0.2, 0.25) is 5.02 Å². The summed E-state index contributed by atoms with van der Waals surface area (Å²) in [6.45, 7) is 8.11. The smallest absolute Gasteiger partial charge is 0.194 e. The van der Waals surface area contributed by atoms with Crippen molar-refractivity contribution in [2.75, 3.05) is 0 Å². The number of aromatic nitrogens is 1. The summed E-state index contributed by atoms with van der Waals surface area (Å²) in [5.74, 6) is 0.290. The molecule has 2 aromatic rings. The van der Waals surface area contributed by atoms with Gasteiger partial charge in [0, 0.05) is 27.6 Å². The second kappa shape index (κ2) is 4.29. The molecule has 1 aliphatic carbocycles. The summed E-state index contributed by atoms with van der Waals surface area (Å²) in [7, 11) is 0. The van der Waals surface area contributed by atoms with Gasteiger partial charge in [0.25, 0.3) is 0 Å². The van der Waals surface area contributed by atoms with E-state index < -0.39 is 0 Å². The summed E-state index contributed by atoms with van der Waals surface area (Å²) in [6.07, 6.45) is 0. The first-order chi connectivity index (χ1) is 8.99. The predicted molar refractivity (Wildman–Crippen MR) is 80.0 cm³/mol. The molecule has 1 aromatic carbocycles. The number of fused-ring (bicyclic) bond motifs is 3. The van der Waals surface area contributed by atoms with Crippen molar-refractivity contribution in [1.29, 1.82) is 0 Å². The molecular formula is C15H12ClNOS. The van der Waals surface area contributed by atoms with Crippen molar-refractivity contribution in [2.24, 2.45) is 0 Å². The highest BCUT2D eigenvalue weighted by Crippen LogP contribution is 2.43. The molecule has 0 spiro atoms. The normalized spacial score (nSPS) is 13.7. The molecule has 0 unspecified atom stereocenters. The molecule has 3 rings (SSSR count). The number of carbonyl (C=O) groups is 1. The molecule has 4 heteroatoms. The molecule has 0 atom stereocenters. The van der Waals surface area contributed by atoms with E-state index in [-0.39, 0.29) is 5.78 Å². The zero-order valence-corrected chi connectivity index (χ0v) is 12.2. The largest absolute Gasteiger partial charge is 0.289 e. The van der Waals surface area contributed by atoms with Gasteiger partial charge < -0.3 is 0 Å². The highest BCUT2D eigenvalue weighted by atomic mass is 35.5. The average Bonchev–Trinajstić information content (AvgIpc) is 2.81. The minimum absolute atomic E-state index is 0.0519. The fourth-order valence-electron chi connectivity index (χ4n) is 2.15. The lowest BCUT2D eigenvalue weighted by Crippen LogP contribution is -2.09. The maximum Gasteiger partial charge on any atom is 0.194 e. The Labute approximate surface area is 120 Å². The third-order valence-electron chi connectivity index (χ3n) is 3.17. The van der Waals surface area contributed by atoms with Gasteiger partial charge in [-0.25, -0.2) is 4.98 Å². The molecule has 0 bridgehead atoms. The number of carbonyl (C=O) groups excluding carboxylic acids is 1. The van der Waals surface area contributed by atoms with Crippen molar-refractivity contribution in [1.82, 2.24) is 4.98 Å². The molecule has 0 radical (unpaired) electrons. The van der Waals surface area contributed by atoms with Crippen molar-refractivity contribution in [3.8, 4) is 11.3 Å². The number of hydrogen-bond donors (Lipinski definition) is 0. The summed E-state index contributed by atoms with van der Waals surface area (Å²) in [6, 6.07) is 5.35. The molecule has 0 amide bonds. The summed E-state index contributed by atoms with van der Waals surface area (Å²) < 4.78 is 0. The van der Waals surface area contributed by atoms with Gasteiger partial charge in [-0.05, 0) is 12.1 Å². The molecule has 0 saturated carbocycles. The number of allylic oxidation sites excluding steroid dienone is 1. The van der Waals surface area contributed by atoms with E-state index in [1.54, 1.807) is 23.5 Å². The minimum atomic E-state index is -0.0519. The van der Waals surface area contributed by atoms with E-state index in [0.29, 0.717) is 22.1 Å². The number of Topliss-reactive ketones (excluding diaryl/α,β-unsaturated/α-hetero) is 1. The molecule has 0 saturated heterocycles. The van der Waals surface area contributed by atoms with E-state index >= 15 is 0 Å². The molecule has 1 aliphatic rings. The lowest BCUT2D eigenvalue weighted by molar-refractivity contribution is 0.105. The summed E-state index contributed by atoms with van der Waals surface area (Å²) in [5, 5.41) is 1.59. The van der Waals surface area contributed by atoms with Crippen LogP contribution in [0, 0.1) is 0 Å². The summed E-state index contributed by atoms with van der Waals surface area (Å²) >= 11 is 7.53. The second-order valence-electron chi connectivity index (χ2n) is 4.88. The van der Waals surface area contributed by atoms with Crippen molar-refractivity contribution in [2.45, 2.75) is 19.8 Å². The van der Waals surface area contributed by atoms with Gasteiger partial charge in [-0.1, -0.05) is 38.1 Å². The highest BCUT2D eigenvalue weighted by Gasteiger charge is 2.30. The fraction of sp³-hybridized carbons (Fsp3) is 0.200. The zero-order valence-electron chi connectivity index (χ0n) is 10.7. The van der Waals surface area contributed by atoms with Gasteiger partial charge in [0.15, 0.2) is 5.78 Å². The van der Waals surface area contributed by atoms with Crippen molar-refractivity contribution in [3.05, 3.63) is 45.2 Å². The van der Waals surface area contributed by atoms with Crippen molar-refractivity contribution in [3.63, 3.8) is 0 Å².